The number of hydrogen-bond donors (Lipinski definition) is 0. The van der Waals surface area contributed by atoms with Gasteiger partial charge in [0, 0.05) is 24.2 Å². The zero-order valence-corrected chi connectivity index (χ0v) is 9.08. The number of carbonyl (C=O) groups is 1. The number of carbonyl (C=O) groups excluding carboxylic acids is 1. The Hall–Kier alpha value is -1.18. The molecule has 1 unspecified atom stereocenters. The second-order valence-corrected chi connectivity index (χ2v) is 3.78. The van der Waals surface area contributed by atoms with Crippen molar-refractivity contribution in [3.05, 3.63) is 29.6 Å². The fourth-order valence-corrected chi connectivity index (χ4v) is 1.18. The Kier molecular flexibility index (Phi) is 3.81. The van der Waals surface area contributed by atoms with Crippen LogP contribution >= 0.6 is 0 Å². The van der Waals surface area contributed by atoms with Crippen molar-refractivity contribution in [3.63, 3.8) is 0 Å². The lowest BCUT2D eigenvalue weighted by molar-refractivity contribution is -0.121. The first-order valence-electron chi connectivity index (χ1n) is 5.07. The molecule has 0 amide bonds. The van der Waals surface area contributed by atoms with E-state index in [4.69, 9.17) is 0 Å². The van der Waals surface area contributed by atoms with Crippen molar-refractivity contribution in [1.29, 1.82) is 0 Å². The highest BCUT2D eigenvalue weighted by atomic mass is 16.1. The topological polar surface area (TPSA) is 30.0 Å². The summed E-state index contributed by atoms with van der Waals surface area (Å²) >= 11 is 0. The fourth-order valence-electron chi connectivity index (χ4n) is 1.18. The number of aryl methyl sites for hydroxylation is 1. The molecule has 1 aromatic rings. The molecule has 0 radical (unpaired) electrons. The molecule has 0 aliphatic carbocycles. The molecule has 2 nitrogen and oxygen atoms in total. The zero-order valence-electron chi connectivity index (χ0n) is 9.08. The number of nitrogens with zero attached hydrogens (tertiary/aromatic N) is 1. The summed E-state index contributed by atoms with van der Waals surface area (Å²) in [7, 11) is 0. The third-order valence-electron chi connectivity index (χ3n) is 2.49. The van der Waals surface area contributed by atoms with Crippen molar-refractivity contribution < 1.29 is 4.79 Å². The highest BCUT2D eigenvalue weighted by molar-refractivity contribution is 5.82. The third-order valence-corrected chi connectivity index (χ3v) is 2.49. The molecular formula is C12H17NO. The molecule has 1 heterocycles. The summed E-state index contributed by atoms with van der Waals surface area (Å²) < 4.78 is 0. The summed E-state index contributed by atoms with van der Waals surface area (Å²) in [4.78, 5) is 15.8. The Morgan fingerprint density at radius 2 is 2.21 bits per heavy atom. The van der Waals surface area contributed by atoms with Gasteiger partial charge in [0.2, 0.25) is 0 Å². The number of Topliss-reactive ketones (excluding diaryl/α,β-unsaturated/α-hetero) is 1. The molecule has 0 aromatic carbocycles. The van der Waals surface area contributed by atoms with Gasteiger partial charge in [-0.3, -0.25) is 9.78 Å². The molecule has 0 aliphatic heterocycles. The first kappa shape index (κ1) is 10.9. The number of aromatic nitrogens is 1. The van der Waals surface area contributed by atoms with Crippen LogP contribution in [0.5, 0.6) is 0 Å². The predicted molar refractivity (Wildman–Crippen MR) is 57.1 cm³/mol. The quantitative estimate of drug-likeness (QED) is 0.732. The Morgan fingerprint density at radius 1 is 1.50 bits per heavy atom. The molecule has 0 saturated heterocycles. The average Bonchev–Trinajstić information content (AvgIpc) is 2.20. The van der Waals surface area contributed by atoms with E-state index in [1.54, 1.807) is 6.20 Å². The number of pyridine rings is 1. The molecule has 0 fully saturated rings. The molecule has 2 heteroatoms. The van der Waals surface area contributed by atoms with Crippen molar-refractivity contribution >= 4 is 5.78 Å². The molecule has 0 N–H and O–H groups in total. The van der Waals surface area contributed by atoms with E-state index in [1.165, 1.54) is 0 Å². The van der Waals surface area contributed by atoms with Crippen LogP contribution in [0.3, 0.4) is 0 Å². The summed E-state index contributed by atoms with van der Waals surface area (Å²) in [6.45, 7) is 5.99. The lowest BCUT2D eigenvalue weighted by atomic mass is 9.99. The van der Waals surface area contributed by atoms with Crippen LogP contribution in [0.15, 0.2) is 18.3 Å². The molecule has 76 valence electrons. The zero-order chi connectivity index (χ0) is 10.6. The minimum Gasteiger partial charge on any atom is -0.299 e. The lowest BCUT2D eigenvalue weighted by Gasteiger charge is -2.06. The van der Waals surface area contributed by atoms with Gasteiger partial charge in [0.15, 0.2) is 0 Å². The molecule has 0 spiro atoms. The highest BCUT2D eigenvalue weighted by Gasteiger charge is 2.11. The predicted octanol–water partition coefficient (Wildman–Crippen LogP) is 2.55. The van der Waals surface area contributed by atoms with Crippen molar-refractivity contribution in [2.75, 3.05) is 0 Å². The maximum Gasteiger partial charge on any atom is 0.141 e. The molecular weight excluding hydrogens is 174 g/mol. The van der Waals surface area contributed by atoms with Gasteiger partial charge < -0.3 is 0 Å². The Bertz CT molecular complexity index is 303. The van der Waals surface area contributed by atoms with Crippen LogP contribution < -0.4 is 0 Å². The summed E-state index contributed by atoms with van der Waals surface area (Å²) in [6.07, 6.45) is 3.18. The van der Waals surface area contributed by atoms with Crippen molar-refractivity contribution in [3.8, 4) is 0 Å². The van der Waals surface area contributed by atoms with Crippen LogP contribution in [-0.2, 0) is 11.2 Å². The van der Waals surface area contributed by atoms with E-state index in [9.17, 15) is 4.79 Å². The van der Waals surface area contributed by atoms with E-state index in [1.807, 2.05) is 32.9 Å². The van der Waals surface area contributed by atoms with E-state index >= 15 is 0 Å². The second kappa shape index (κ2) is 4.89. The number of hydrogen-bond acceptors (Lipinski definition) is 2. The van der Waals surface area contributed by atoms with Gasteiger partial charge in [-0.2, -0.15) is 0 Å². The largest absolute Gasteiger partial charge is 0.299 e. The van der Waals surface area contributed by atoms with Crippen LogP contribution in [0.25, 0.3) is 0 Å². The van der Waals surface area contributed by atoms with E-state index in [2.05, 4.69) is 4.98 Å². The normalized spacial score (nSPS) is 12.5. The van der Waals surface area contributed by atoms with Crippen LogP contribution in [0.2, 0.25) is 0 Å². The average molecular weight is 191 g/mol. The minimum absolute atomic E-state index is 0.151. The van der Waals surface area contributed by atoms with Gasteiger partial charge in [-0.25, -0.2) is 0 Å². The smallest absolute Gasteiger partial charge is 0.141 e. The highest BCUT2D eigenvalue weighted by Crippen LogP contribution is 2.07. The molecule has 1 aromatic heterocycles. The summed E-state index contributed by atoms with van der Waals surface area (Å²) in [5.41, 5.74) is 2.01. The Morgan fingerprint density at radius 3 is 2.71 bits per heavy atom. The van der Waals surface area contributed by atoms with Gasteiger partial charge >= 0.3 is 0 Å². The molecule has 1 atom stereocenters. The van der Waals surface area contributed by atoms with Crippen molar-refractivity contribution in [2.45, 2.75) is 33.6 Å². The van der Waals surface area contributed by atoms with Crippen molar-refractivity contribution in [2.24, 2.45) is 5.92 Å². The standard InChI is InChI=1S/C12H17NO/c1-4-10(3)12(14)7-11-6-5-9(2)8-13-11/h5-6,8,10H,4,7H2,1-3H3. The summed E-state index contributed by atoms with van der Waals surface area (Å²) in [5.74, 6) is 0.432. The molecule has 14 heavy (non-hydrogen) atoms. The monoisotopic (exact) mass is 191 g/mol. The van der Waals surface area contributed by atoms with E-state index < -0.39 is 0 Å². The first-order valence-corrected chi connectivity index (χ1v) is 5.07. The van der Waals surface area contributed by atoms with Gasteiger partial charge in [0.05, 0.1) is 0 Å². The van der Waals surface area contributed by atoms with Crippen LogP contribution in [0.4, 0.5) is 0 Å². The second-order valence-electron chi connectivity index (χ2n) is 3.78. The maximum absolute atomic E-state index is 11.6. The Balaban J connectivity index is 2.60. The van der Waals surface area contributed by atoms with Gasteiger partial charge in [0.25, 0.3) is 0 Å². The third kappa shape index (κ3) is 2.95. The van der Waals surface area contributed by atoms with Gasteiger partial charge in [-0.05, 0) is 25.0 Å². The summed E-state index contributed by atoms with van der Waals surface area (Å²) in [5, 5.41) is 0. The molecule has 1 rings (SSSR count). The maximum atomic E-state index is 11.6. The van der Waals surface area contributed by atoms with Crippen molar-refractivity contribution in [1.82, 2.24) is 4.98 Å². The first-order chi connectivity index (χ1) is 6.63. The number of rotatable bonds is 4. The van der Waals surface area contributed by atoms with E-state index in [0.29, 0.717) is 6.42 Å². The lowest BCUT2D eigenvalue weighted by Crippen LogP contribution is -2.13. The SMILES string of the molecule is CCC(C)C(=O)Cc1ccc(C)cn1. The molecule has 0 saturated carbocycles. The van der Waals surface area contributed by atoms with Crippen LogP contribution in [0.1, 0.15) is 31.5 Å². The van der Waals surface area contributed by atoms with Gasteiger partial charge in [0.1, 0.15) is 5.78 Å². The van der Waals surface area contributed by atoms with Gasteiger partial charge in [-0.1, -0.05) is 19.9 Å². The fraction of sp³-hybridized carbons (Fsp3) is 0.500. The molecule has 0 bridgehead atoms. The Labute approximate surface area is 85.4 Å². The van der Waals surface area contributed by atoms with Gasteiger partial charge in [-0.15, -0.1) is 0 Å². The minimum atomic E-state index is 0.151. The van der Waals surface area contributed by atoms with Crippen LogP contribution in [0, 0.1) is 12.8 Å². The van der Waals surface area contributed by atoms with Crippen LogP contribution in [-0.4, -0.2) is 10.8 Å². The van der Waals surface area contributed by atoms with E-state index in [0.717, 1.165) is 17.7 Å². The summed E-state index contributed by atoms with van der Waals surface area (Å²) in [6, 6.07) is 3.92. The van der Waals surface area contributed by atoms with E-state index in [-0.39, 0.29) is 11.7 Å². The number of ketones is 1. The molecule has 0 aliphatic rings.